The summed E-state index contributed by atoms with van der Waals surface area (Å²) in [6.45, 7) is 1.75. The van der Waals surface area contributed by atoms with Gasteiger partial charge in [-0.1, -0.05) is 5.16 Å². The van der Waals surface area contributed by atoms with Gasteiger partial charge in [-0.15, -0.1) is 0 Å². The molecule has 2 rings (SSSR count). The highest BCUT2D eigenvalue weighted by Gasteiger charge is 2.16. The van der Waals surface area contributed by atoms with Crippen LogP contribution in [0.2, 0.25) is 0 Å². The van der Waals surface area contributed by atoms with Crippen molar-refractivity contribution in [2.75, 3.05) is 13.2 Å². The summed E-state index contributed by atoms with van der Waals surface area (Å²) in [6.07, 6.45) is 1.94. The molecule has 0 atom stereocenters. The van der Waals surface area contributed by atoms with Crippen LogP contribution in [0.3, 0.4) is 0 Å². The smallest absolute Gasteiger partial charge is 0.287 e. The molecule has 1 saturated heterocycles. The van der Waals surface area contributed by atoms with E-state index in [2.05, 4.69) is 5.16 Å². The van der Waals surface area contributed by atoms with Crippen LogP contribution in [0.15, 0.2) is 10.6 Å². The maximum Gasteiger partial charge on any atom is 0.287 e. The molecule has 0 aromatic carbocycles. The fourth-order valence-electron chi connectivity index (χ4n) is 1.60. The summed E-state index contributed by atoms with van der Waals surface area (Å²) in [6, 6.07) is 1.52. The van der Waals surface area contributed by atoms with Crippen molar-refractivity contribution in [2.24, 2.45) is 5.84 Å². The second-order valence-electron chi connectivity index (χ2n) is 3.77. The Morgan fingerprint density at radius 3 is 3.06 bits per heavy atom. The molecule has 7 heteroatoms. The largest absolute Gasteiger partial charge is 0.381 e. The fourth-order valence-corrected chi connectivity index (χ4v) is 1.60. The predicted octanol–water partition coefficient (Wildman–Crippen LogP) is -0.0263. The number of nitrogens with one attached hydrogen (secondary N) is 1. The van der Waals surface area contributed by atoms with Crippen molar-refractivity contribution in [3.63, 3.8) is 0 Å². The number of ether oxygens (including phenoxy) is 2. The van der Waals surface area contributed by atoms with Gasteiger partial charge in [0.1, 0.15) is 6.61 Å². The number of hydrogen-bond acceptors (Lipinski definition) is 6. The molecule has 2 heterocycles. The first-order valence-electron chi connectivity index (χ1n) is 5.45. The molecule has 0 spiro atoms. The van der Waals surface area contributed by atoms with E-state index in [9.17, 15) is 4.79 Å². The Bertz CT molecular complexity index is 373. The molecule has 1 amide bonds. The second kappa shape index (κ2) is 5.76. The quantitative estimate of drug-likeness (QED) is 0.436. The van der Waals surface area contributed by atoms with Crippen LogP contribution in [0, 0.1) is 0 Å². The first-order chi connectivity index (χ1) is 8.29. The van der Waals surface area contributed by atoms with E-state index >= 15 is 0 Å². The molecule has 1 aromatic rings. The molecular formula is C10H15N3O4. The highest BCUT2D eigenvalue weighted by atomic mass is 16.5. The molecule has 0 aliphatic carbocycles. The molecule has 17 heavy (non-hydrogen) atoms. The van der Waals surface area contributed by atoms with Crippen LogP contribution in [0.4, 0.5) is 0 Å². The number of aromatic nitrogens is 1. The minimum atomic E-state index is -0.480. The summed E-state index contributed by atoms with van der Waals surface area (Å²) in [5.74, 6) is 5.01. The van der Waals surface area contributed by atoms with Gasteiger partial charge in [0.25, 0.3) is 5.91 Å². The molecule has 1 fully saturated rings. The topological polar surface area (TPSA) is 99.6 Å². The van der Waals surface area contributed by atoms with Crippen LogP contribution < -0.4 is 11.3 Å². The molecule has 1 aliphatic heterocycles. The van der Waals surface area contributed by atoms with Gasteiger partial charge in [-0.3, -0.25) is 10.2 Å². The van der Waals surface area contributed by atoms with Gasteiger partial charge >= 0.3 is 0 Å². The Balaban J connectivity index is 1.82. The standard InChI is InChI=1S/C10H15N3O4/c11-12-10(14)9-5-8(17-13-9)6-16-7-1-3-15-4-2-7/h5,7H,1-4,6,11H2,(H,12,14). The van der Waals surface area contributed by atoms with Crippen LogP contribution in [-0.4, -0.2) is 30.4 Å². The zero-order valence-corrected chi connectivity index (χ0v) is 9.35. The Hall–Kier alpha value is -1.44. The minimum absolute atomic E-state index is 0.151. The van der Waals surface area contributed by atoms with Crippen molar-refractivity contribution in [1.82, 2.24) is 10.6 Å². The molecule has 0 bridgehead atoms. The molecule has 3 N–H and O–H groups in total. The highest BCUT2D eigenvalue weighted by Crippen LogP contribution is 2.13. The van der Waals surface area contributed by atoms with Gasteiger partial charge < -0.3 is 14.0 Å². The van der Waals surface area contributed by atoms with Crippen LogP contribution in [0.5, 0.6) is 0 Å². The van der Waals surface area contributed by atoms with E-state index in [0.29, 0.717) is 12.4 Å². The predicted molar refractivity (Wildman–Crippen MR) is 56.8 cm³/mol. The Kier molecular flexibility index (Phi) is 4.08. The summed E-state index contributed by atoms with van der Waals surface area (Å²) >= 11 is 0. The number of nitrogens with zero attached hydrogens (tertiary/aromatic N) is 1. The van der Waals surface area contributed by atoms with E-state index in [1.807, 2.05) is 5.43 Å². The average molecular weight is 241 g/mol. The third-order valence-corrected chi connectivity index (χ3v) is 2.55. The summed E-state index contributed by atoms with van der Waals surface area (Å²) in [5, 5.41) is 3.58. The fraction of sp³-hybridized carbons (Fsp3) is 0.600. The van der Waals surface area contributed by atoms with Crippen LogP contribution in [0.25, 0.3) is 0 Å². The van der Waals surface area contributed by atoms with Crippen molar-refractivity contribution in [1.29, 1.82) is 0 Å². The lowest BCUT2D eigenvalue weighted by atomic mass is 10.1. The van der Waals surface area contributed by atoms with E-state index in [1.54, 1.807) is 0 Å². The average Bonchev–Trinajstić information content (AvgIpc) is 2.85. The number of carbonyl (C=O) groups is 1. The monoisotopic (exact) mass is 241 g/mol. The first-order valence-corrected chi connectivity index (χ1v) is 5.45. The normalized spacial score (nSPS) is 17.0. The number of carbonyl (C=O) groups excluding carboxylic acids is 1. The Labute approximate surface area is 98.2 Å². The molecule has 0 saturated carbocycles. The van der Waals surface area contributed by atoms with E-state index in [0.717, 1.165) is 26.1 Å². The molecular weight excluding hydrogens is 226 g/mol. The van der Waals surface area contributed by atoms with Gasteiger partial charge in [0.15, 0.2) is 11.5 Å². The SMILES string of the molecule is NNC(=O)c1cc(COC2CCOCC2)on1. The molecule has 1 aromatic heterocycles. The molecule has 0 unspecified atom stereocenters. The number of nitrogen functional groups attached to an aromatic ring is 1. The summed E-state index contributed by atoms with van der Waals surface area (Å²) in [4.78, 5) is 11.1. The Morgan fingerprint density at radius 1 is 1.59 bits per heavy atom. The maximum atomic E-state index is 11.1. The Morgan fingerprint density at radius 2 is 2.35 bits per heavy atom. The molecule has 94 valence electrons. The van der Waals surface area contributed by atoms with E-state index in [1.165, 1.54) is 6.07 Å². The first kappa shape index (κ1) is 12.0. The van der Waals surface area contributed by atoms with Crippen LogP contribution >= 0.6 is 0 Å². The van der Waals surface area contributed by atoms with Crippen molar-refractivity contribution in [2.45, 2.75) is 25.6 Å². The van der Waals surface area contributed by atoms with Gasteiger partial charge in [0.05, 0.1) is 6.10 Å². The molecule has 1 aliphatic rings. The number of hydrogen-bond donors (Lipinski definition) is 2. The van der Waals surface area contributed by atoms with E-state index in [-0.39, 0.29) is 11.8 Å². The lowest BCUT2D eigenvalue weighted by molar-refractivity contribution is -0.0443. The van der Waals surface area contributed by atoms with Gasteiger partial charge in [-0.05, 0) is 12.8 Å². The second-order valence-corrected chi connectivity index (χ2v) is 3.77. The number of nitrogens with two attached hydrogens (primary N) is 1. The summed E-state index contributed by atoms with van der Waals surface area (Å²) < 4.78 is 15.8. The van der Waals surface area contributed by atoms with Gasteiger partial charge in [-0.25, -0.2) is 5.84 Å². The van der Waals surface area contributed by atoms with Crippen LogP contribution in [-0.2, 0) is 16.1 Å². The van der Waals surface area contributed by atoms with Gasteiger partial charge in [0.2, 0.25) is 0 Å². The lowest BCUT2D eigenvalue weighted by Crippen LogP contribution is -2.30. The van der Waals surface area contributed by atoms with Gasteiger partial charge in [-0.2, -0.15) is 0 Å². The summed E-state index contributed by atoms with van der Waals surface area (Å²) in [5.41, 5.74) is 2.13. The molecule has 0 radical (unpaired) electrons. The number of rotatable bonds is 4. The van der Waals surface area contributed by atoms with Crippen molar-refractivity contribution >= 4 is 5.91 Å². The van der Waals surface area contributed by atoms with Gasteiger partial charge in [0, 0.05) is 19.3 Å². The van der Waals surface area contributed by atoms with E-state index < -0.39 is 5.91 Å². The lowest BCUT2D eigenvalue weighted by Gasteiger charge is -2.21. The highest BCUT2D eigenvalue weighted by molar-refractivity contribution is 5.91. The third kappa shape index (κ3) is 3.26. The maximum absolute atomic E-state index is 11.1. The minimum Gasteiger partial charge on any atom is -0.381 e. The zero-order valence-electron chi connectivity index (χ0n) is 9.35. The van der Waals surface area contributed by atoms with Crippen molar-refractivity contribution in [3.8, 4) is 0 Å². The zero-order chi connectivity index (χ0) is 12.1. The summed E-state index contributed by atoms with van der Waals surface area (Å²) in [7, 11) is 0. The van der Waals surface area contributed by atoms with E-state index in [4.69, 9.17) is 19.8 Å². The third-order valence-electron chi connectivity index (χ3n) is 2.55. The number of hydrazine groups is 1. The van der Waals surface area contributed by atoms with Crippen molar-refractivity contribution < 1.29 is 18.8 Å². The van der Waals surface area contributed by atoms with Crippen LogP contribution in [0.1, 0.15) is 29.1 Å². The molecule has 7 nitrogen and oxygen atoms in total. The number of amides is 1. The van der Waals surface area contributed by atoms with Crippen molar-refractivity contribution in [3.05, 3.63) is 17.5 Å².